The predicted molar refractivity (Wildman–Crippen MR) is 72.7 cm³/mol. The molecule has 1 atom stereocenters. The van der Waals surface area contributed by atoms with Gasteiger partial charge >= 0.3 is 0 Å². The molecule has 0 amide bonds. The standard InChI is InChI=1S/C13H17N3O2S/c1-9(11-4-5-11)16(2)19(17,18)13-6-3-10(8-14)7-12(13)15/h3,6-7,9,11H,4-5,15H2,1-2H3. The summed E-state index contributed by atoms with van der Waals surface area (Å²) >= 11 is 0. The molecule has 1 aliphatic carbocycles. The topological polar surface area (TPSA) is 87.2 Å². The third-order valence-corrected chi connectivity index (χ3v) is 5.69. The van der Waals surface area contributed by atoms with Gasteiger partial charge in [0.25, 0.3) is 0 Å². The molecule has 1 fully saturated rings. The molecule has 0 radical (unpaired) electrons. The van der Waals surface area contributed by atoms with Gasteiger partial charge in [-0.1, -0.05) is 0 Å². The molecule has 6 heteroatoms. The van der Waals surface area contributed by atoms with Crippen molar-refractivity contribution in [3.05, 3.63) is 23.8 Å². The van der Waals surface area contributed by atoms with E-state index in [1.807, 2.05) is 13.0 Å². The largest absolute Gasteiger partial charge is 0.398 e. The molecule has 0 aromatic heterocycles. The summed E-state index contributed by atoms with van der Waals surface area (Å²) in [7, 11) is -2.02. The van der Waals surface area contributed by atoms with Crippen LogP contribution in [-0.4, -0.2) is 25.8 Å². The van der Waals surface area contributed by atoms with Crippen LogP contribution < -0.4 is 5.73 Å². The highest BCUT2D eigenvalue weighted by Crippen LogP contribution is 2.37. The second-order valence-corrected chi connectivity index (χ2v) is 6.93. The second-order valence-electron chi connectivity index (χ2n) is 4.96. The minimum absolute atomic E-state index is 0.0277. The Morgan fingerprint density at radius 3 is 2.58 bits per heavy atom. The molecule has 2 N–H and O–H groups in total. The number of sulfonamides is 1. The molecule has 5 nitrogen and oxygen atoms in total. The lowest BCUT2D eigenvalue weighted by molar-refractivity contribution is 0.357. The normalized spacial score (nSPS) is 17.2. The maximum absolute atomic E-state index is 12.5. The van der Waals surface area contributed by atoms with Gasteiger partial charge in [0.1, 0.15) is 4.90 Å². The van der Waals surface area contributed by atoms with Crippen molar-refractivity contribution in [1.29, 1.82) is 5.26 Å². The van der Waals surface area contributed by atoms with E-state index in [2.05, 4.69) is 0 Å². The molecule has 0 heterocycles. The van der Waals surface area contributed by atoms with Gasteiger partial charge in [0.2, 0.25) is 10.0 Å². The molecule has 19 heavy (non-hydrogen) atoms. The Bertz CT molecular complexity index is 630. The first-order valence-electron chi connectivity index (χ1n) is 6.15. The number of nitrogens with zero attached hydrogens (tertiary/aromatic N) is 2. The van der Waals surface area contributed by atoms with Crippen LogP contribution in [-0.2, 0) is 10.0 Å². The Hall–Kier alpha value is -1.58. The third kappa shape index (κ3) is 2.57. The first-order valence-corrected chi connectivity index (χ1v) is 7.59. The van der Waals surface area contributed by atoms with Crippen molar-refractivity contribution in [2.75, 3.05) is 12.8 Å². The lowest BCUT2D eigenvalue weighted by Gasteiger charge is -2.24. The summed E-state index contributed by atoms with van der Waals surface area (Å²) < 4.78 is 26.4. The Morgan fingerprint density at radius 2 is 2.11 bits per heavy atom. The molecule has 2 rings (SSSR count). The van der Waals surface area contributed by atoms with Crippen LogP contribution in [0.15, 0.2) is 23.1 Å². The van der Waals surface area contributed by atoms with Crippen molar-refractivity contribution in [2.24, 2.45) is 5.92 Å². The zero-order valence-corrected chi connectivity index (χ0v) is 11.8. The van der Waals surface area contributed by atoms with Crippen LogP contribution in [0.2, 0.25) is 0 Å². The summed E-state index contributed by atoms with van der Waals surface area (Å²) in [6.45, 7) is 1.91. The maximum Gasteiger partial charge on any atom is 0.245 e. The number of benzene rings is 1. The maximum atomic E-state index is 12.5. The number of nitriles is 1. The predicted octanol–water partition coefficient (Wildman–Crippen LogP) is 1.56. The van der Waals surface area contributed by atoms with E-state index in [0.717, 1.165) is 12.8 Å². The van der Waals surface area contributed by atoms with Gasteiger partial charge in [-0.3, -0.25) is 0 Å². The number of nitrogens with two attached hydrogens (primary N) is 1. The fourth-order valence-electron chi connectivity index (χ4n) is 2.10. The van der Waals surface area contributed by atoms with Crippen LogP contribution in [0, 0.1) is 17.2 Å². The molecule has 1 aliphatic rings. The van der Waals surface area contributed by atoms with Crippen LogP contribution in [0.1, 0.15) is 25.3 Å². The zero-order valence-electron chi connectivity index (χ0n) is 11.0. The van der Waals surface area contributed by atoms with Gasteiger partial charge in [-0.2, -0.15) is 9.57 Å². The monoisotopic (exact) mass is 279 g/mol. The number of anilines is 1. The summed E-state index contributed by atoms with van der Waals surface area (Å²) in [6.07, 6.45) is 2.15. The highest BCUT2D eigenvalue weighted by atomic mass is 32.2. The van der Waals surface area contributed by atoms with Crippen LogP contribution in [0.4, 0.5) is 5.69 Å². The molecule has 1 aromatic carbocycles. The van der Waals surface area contributed by atoms with Crippen molar-refractivity contribution < 1.29 is 8.42 Å². The molecule has 1 aromatic rings. The van der Waals surface area contributed by atoms with Crippen LogP contribution in [0.25, 0.3) is 0 Å². The lowest BCUT2D eigenvalue weighted by Crippen LogP contribution is -2.36. The lowest BCUT2D eigenvalue weighted by atomic mass is 10.2. The van der Waals surface area contributed by atoms with Crippen molar-refractivity contribution in [1.82, 2.24) is 4.31 Å². The van der Waals surface area contributed by atoms with Gasteiger partial charge in [0, 0.05) is 13.1 Å². The number of nitrogen functional groups attached to an aromatic ring is 1. The van der Waals surface area contributed by atoms with E-state index in [-0.39, 0.29) is 16.6 Å². The molecular formula is C13H17N3O2S. The van der Waals surface area contributed by atoms with Crippen molar-refractivity contribution >= 4 is 15.7 Å². The van der Waals surface area contributed by atoms with Gasteiger partial charge in [0.05, 0.1) is 17.3 Å². The molecule has 1 saturated carbocycles. The van der Waals surface area contributed by atoms with Crippen molar-refractivity contribution in [2.45, 2.75) is 30.7 Å². The number of hydrogen-bond donors (Lipinski definition) is 1. The molecule has 0 spiro atoms. The minimum Gasteiger partial charge on any atom is -0.398 e. The molecule has 0 aliphatic heterocycles. The summed E-state index contributed by atoms with van der Waals surface area (Å²) in [4.78, 5) is 0.0708. The average Bonchev–Trinajstić information content (AvgIpc) is 3.20. The highest BCUT2D eigenvalue weighted by molar-refractivity contribution is 7.89. The fourth-order valence-corrected chi connectivity index (χ4v) is 3.62. The van der Waals surface area contributed by atoms with Crippen molar-refractivity contribution in [3.8, 4) is 6.07 Å². The zero-order chi connectivity index (χ0) is 14.2. The molecule has 102 valence electrons. The summed E-state index contributed by atoms with van der Waals surface area (Å²) in [5, 5.41) is 8.77. The summed E-state index contributed by atoms with van der Waals surface area (Å²) in [5.74, 6) is 0.444. The van der Waals surface area contributed by atoms with Gasteiger partial charge in [-0.15, -0.1) is 0 Å². The van der Waals surface area contributed by atoms with Gasteiger partial charge < -0.3 is 5.73 Å². The van der Waals surface area contributed by atoms with Gasteiger partial charge in [-0.05, 0) is 43.9 Å². The van der Waals surface area contributed by atoms with E-state index < -0.39 is 10.0 Å². The average molecular weight is 279 g/mol. The SMILES string of the molecule is CC(C1CC1)N(C)S(=O)(=O)c1ccc(C#N)cc1N. The molecule has 0 bridgehead atoms. The number of hydrogen-bond acceptors (Lipinski definition) is 4. The van der Waals surface area contributed by atoms with Crippen molar-refractivity contribution in [3.63, 3.8) is 0 Å². The van der Waals surface area contributed by atoms with E-state index in [0.29, 0.717) is 11.5 Å². The quantitative estimate of drug-likeness (QED) is 0.847. The van der Waals surface area contributed by atoms with Crippen LogP contribution >= 0.6 is 0 Å². The van der Waals surface area contributed by atoms with Crippen LogP contribution in [0.3, 0.4) is 0 Å². The fraction of sp³-hybridized carbons (Fsp3) is 0.462. The van der Waals surface area contributed by atoms with E-state index in [1.54, 1.807) is 7.05 Å². The van der Waals surface area contributed by atoms with Crippen LogP contribution in [0.5, 0.6) is 0 Å². The Morgan fingerprint density at radius 1 is 1.47 bits per heavy atom. The summed E-state index contributed by atoms with van der Waals surface area (Å²) in [5.41, 5.74) is 6.23. The van der Waals surface area contributed by atoms with E-state index in [4.69, 9.17) is 11.0 Å². The first-order chi connectivity index (χ1) is 8.87. The second kappa shape index (κ2) is 4.83. The number of rotatable bonds is 4. The molecular weight excluding hydrogens is 262 g/mol. The highest BCUT2D eigenvalue weighted by Gasteiger charge is 2.36. The van der Waals surface area contributed by atoms with Gasteiger partial charge in [0.15, 0.2) is 0 Å². The molecule has 0 saturated heterocycles. The smallest absolute Gasteiger partial charge is 0.245 e. The first kappa shape index (κ1) is 13.8. The minimum atomic E-state index is -3.60. The van der Waals surface area contributed by atoms with E-state index in [1.165, 1.54) is 22.5 Å². The van der Waals surface area contributed by atoms with E-state index >= 15 is 0 Å². The third-order valence-electron chi connectivity index (χ3n) is 3.67. The summed E-state index contributed by atoms with van der Waals surface area (Å²) in [6, 6.07) is 6.18. The Balaban J connectivity index is 2.36. The van der Waals surface area contributed by atoms with E-state index in [9.17, 15) is 8.42 Å². The Kier molecular flexibility index (Phi) is 3.52. The van der Waals surface area contributed by atoms with Gasteiger partial charge in [-0.25, -0.2) is 8.42 Å². The molecule has 1 unspecified atom stereocenters. The Labute approximate surface area is 113 Å².